The van der Waals surface area contributed by atoms with Crippen LogP contribution in [0.5, 0.6) is 5.75 Å². The molecule has 2 N–H and O–H groups in total. The third-order valence-electron chi connectivity index (χ3n) is 7.24. The van der Waals surface area contributed by atoms with Crippen molar-refractivity contribution >= 4 is 29.1 Å². The topological polar surface area (TPSA) is 71.7 Å². The van der Waals surface area contributed by atoms with Crippen LogP contribution < -0.4 is 10.5 Å². The number of rotatable bonds is 9. The summed E-state index contributed by atoms with van der Waals surface area (Å²) in [7, 11) is 0. The Morgan fingerprint density at radius 1 is 1.17 bits per heavy atom. The Hall–Kier alpha value is -1.86. The van der Waals surface area contributed by atoms with Crippen molar-refractivity contribution in [2.75, 3.05) is 32.7 Å². The highest BCUT2D eigenvalue weighted by Gasteiger charge is 2.29. The van der Waals surface area contributed by atoms with Gasteiger partial charge in [-0.1, -0.05) is 36.2 Å². The second kappa shape index (κ2) is 12.4. The molecule has 8 heteroatoms. The molecular formula is C27H36Cl2N4O2. The van der Waals surface area contributed by atoms with Gasteiger partial charge >= 0.3 is 0 Å². The van der Waals surface area contributed by atoms with E-state index in [2.05, 4.69) is 16.8 Å². The molecule has 2 atom stereocenters. The Kier molecular flexibility index (Phi) is 9.28. The largest absolute Gasteiger partial charge is 0.489 e. The highest BCUT2D eigenvalue weighted by Crippen LogP contribution is 2.34. The third kappa shape index (κ3) is 6.88. The van der Waals surface area contributed by atoms with Crippen LogP contribution in [0.1, 0.15) is 56.1 Å². The average Bonchev–Trinajstić information content (AvgIpc) is 3.38. The van der Waals surface area contributed by atoms with Gasteiger partial charge in [0.2, 0.25) is 5.91 Å². The van der Waals surface area contributed by atoms with Crippen molar-refractivity contribution < 1.29 is 9.53 Å². The lowest BCUT2D eigenvalue weighted by atomic mass is 9.89. The van der Waals surface area contributed by atoms with Gasteiger partial charge in [-0.25, -0.2) is 0 Å². The Morgan fingerprint density at radius 3 is 2.60 bits per heavy atom. The number of piperidine rings is 1. The highest BCUT2D eigenvalue weighted by atomic mass is 35.5. The fraction of sp³-hybridized carbons (Fsp3) is 0.556. The lowest BCUT2D eigenvalue weighted by molar-refractivity contribution is -0.133. The summed E-state index contributed by atoms with van der Waals surface area (Å²) in [5.74, 6) is 1.22. The number of carbonyl (C=O) groups excluding carboxylic acids is 1. The third-order valence-corrected chi connectivity index (χ3v) is 7.83. The minimum absolute atomic E-state index is 0.0335. The smallest absolute Gasteiger partial charge is 0.239 e. The first-order valence-corrected chi connectivity index (χ1v) is 13.5. The van der Waals surface area contributed by atoms with Gasteiger partial charge in [0, 0.05) is 47.6 Å². The van der Waals surface area contributed by atoms with Crippen molar-refractivity contribution in [3.63, 3.8) is 0 Å². The first-order chi connectivity index (χ1) is 16.9. The van der Waals surface area contributed by atoms with Gasteiger partial charge in [0.1, 0.15) is 11.9 Å². The molecule has 2 aliphatic heterocycles. The zero-order valence-electron chi connectivity index (χ0n) is 20.5. The number of halogens is 2. The van der Waals surface area contributed by atoms with Crippen LogP contribution in [0.4, 0.5) is 0 Å². The normalized spacial score (nSPS) is 19.0. The molecule has 190 valence electrons. The molecule has 2 saturated heterocycles. The van der Waals surface area contributed by atoms with Crippen LogP contribution in [0.25, 0.3) is 0 Å². The number of amides is 1. The molecule has 0 unspecified atom stereocenters. The quantitative estimate of drug-likeness (QED) is 0.510. The van der Waals surface area contributed by atoms with Gasteiger partial charge in [0.05, 0.1) is 6.04 Å². The van der Waals surface area contributed by atoms with E-state index in [9.17, 15) is 4.79 Å². The zero-order valence-corrected chi connectivity index (χ0v) is 22.0. The first-order valence-electron chi connectivity index (χ1n) is 12.8. The van der Waals surface area contributed by atoms with Crippen LogP contribution in [0.2, 0.25) is 10.0 Å². The van der Waals surface area contributed by atoms with Gasteiger partial charge < -0.3 is 15.4 Å². The van der Waals surface area contributed by atoms with E-state index in [1.807, 2.05) is 23.2 Å². The van der Waals surface area contributed by atoms with Crippen LogP contribution in [0, 0.1) is 0 Å². The predicted molar refractivity (Wildman–Crippen MR) is 141 cm³/mol. The van der Waals surface area contributed by atoms with Crippen LogP contribution >= 0.6 is 23.2 Å². The summed E-state index contributed by atoms with van der Waals surface area (Å²) in [5, 5.41) is 1.11. The van der Waals surface area contributed by atoms with Gasteiger partial charge in [-0.15, -0.1) is 0 Å². The molecule has 2 aliphatic rings. The number of nitrogens with two attached hydrogens (primary N) is 1. The number of nitrogens with zero attached hydrogens (tertiary/aromatic N) is 3. The number of benzene rings is 1. The molecule has 0 saturated carbocycles. The molecule has 2 fully saturated rings. The Bertz CT molecular complexity index is 991. The van der Waals surface area contributed by atoms with E-state index in [1.165, 1.54) is 25.9 Å². The number of ether oxygens (including phenoxy) is 1. The number of hydrogen-bond acceptors (Lipinski definition) is 5. The van der Waals surface area contributed by atoms with Crippen LogP contribution in [-0.4, -0.2) is 65.6 Å². The maximum Gasteiger partial charge on any atom is 0.239 e. The summed E-state index contributed by atoms with van der Waals surface area (Å²) >= 11 is 12.3. The molecule has 0 spiro atoms. The van der Waals surface area contributed by atoms with Gasteiger partial charge in [0.25, 0.3) is 0 Å². The monoisotopic (exact) mass is 518 g/mol. The van der Waals surface area contributed by atoms with E-state index >= 15 is 0 Å². The Morgan fingerprint density at radius 2 is 1.91 bits per heavy atom. The van der Waals surface area contributed by atoms with Crippen molar-refractivity contribution in [3.8, 4) is 5.75 Å². The number of hydrogen-bond donors (Lipinski definition) is 1. The fourth-order valence-corrected chi connectivity index (χ4v) is 5.63. The van der Waals surface area contributed by atoms with Crippen molar-refractivity contribution in [1.29, 1.82) is 0 Å². The lowest BCUT2D eigenvalue weighted by Gasteiger charge is -2.34. The number of likely N-dealkylation sites (tertiary alicyclic amines) is 2. The standard InChI is InChI=1S/C27H36Cl2N4O2/c1-2-22(18-32-11-3-4-12-32)35-26-7-10-31-17-23(26)19-8-13-33(14-9-19)27(34)25(30)15-20-5-6-21(28)16-24(20)29/h5-7,10,16-17,19,22,25H,2-4,8-9,11-15,18,30H2,1H3/t22-,25+/m0/s1. The van der Waals surface area contributed by atoms with Crippen LogP contribution in [0.3, 0.4) is 0 Å². The molecule has 0 radical (unpaired) electrons. The Labute approximate surface area is 218 Å². The first kappa shape index (κ1) is 26.2. The summed E-state index contributed by atoms with van der Waals surface area (Å²) in [4.78, 5) is 21.8. The van der Waals surface area contributed by atoms with E-state index in [0.29, 0.717) is 35.5 Å². The maximum absolute atomic E-state index is 13.0. The molecule has 0 aliphatic carbocycles. The summed E-state index contributed by atoms with van der Waals surface area (Å²) in [6.45, 7) is 6.84. The second-order valence-electron chi connectivity index (χ2n) is 9.72. The maximum atomic E-state index is 13.0. The predicted octanol–water partition coefficient (Wildman–Crippen LogP) is 4.92. The SMILES string of the molecule is CC[C@@H](CN1CCCC1)Oc1ccncc1C1CCN(C(=O)[C@H](N)Cc2ccc(Cl)cc2Cl)CC1. The molecule has 1 aromatic carbocycles. The van der Waals surface area contributed by atoms with E-state index in [0.717, 1.165) is 42.7 Å². The van der Waals surface area contributed by atoms with Gasteiger partial charge in [-0.3, -0.25) is 14.7 Å². The molecule has 2 aromatic rings. The van der Waals surface area contributed by atoms with Gasteiger partial charge in [0.15, 0.2) is 0 Å². The van der Waals surface area contributed by atoms with Crippen LogP contribution in [-0.2, 0) is 11.2 Å². The molecule has 1 aromatic heterocycles. The molecule has 0 bridgehead atoms. The van der Waals surface area contributed by atoms with E-state index < -0.39 is 6.04 Å². The van der Waals surface area contributed by atoms with Crippen molar-refractivity contribution in [2.24, 2.45) is 5.73 Å². The van der Waals surface area contributed by atoms with Crippen molar-refractivity contribution in [3.05, 3.63) is 57.8 Å². The second-order valence-corrected chi connectivity index (χ2v) is 10.6. The highest BCUT2D eigenvalue weighted by molar-refractivity contribution is 6.35. The van der Waals surface area contributed by atoms with Gasteiger partial charge in [-0.05, 0) is 81.3 Å². The number of aromatic nitrogens is 1. The minimum atomic E-state index is -0.626. The van der Waals surface area contributed by atoms with Crippen molar-refractivity contribution in [1.82, 2.24) is 14.8 Å². The number of carbonyl (C=O) groups is 1. The Balaban J connectivity index is 1.33. The summed E-state index contributed by atoms with van der Waals surface area (Å²) in [6.07, 6.45) is 9.58. The van der Waals surface area contributed by atoms with E-state index in [1.54, 1.807) is 18.3 Å². The molecule has 1 amide bonds. The number of pyridine rings is 1. The van der Waals surface area contributed by atoms with Crippen LogP contribution in [0.15, 0.2) is 36.7 Å². The molecule has 4 rings (SSSR count). The molecular weight excluding hydrogens is 483 g/mol. The summed E-state index contributed by atoms with van der Waals surface area (Å²) in [6, 6.07) is 6.65. The summed E-state index contributed by atoms with van der Waals surface area (Å²) < 4.78 is 6.50. The molecule has 3 heterocycles. The fourth-order valence-electron chi connectivity index (χ4n) is 5.15. The van der Waals surface area contributed by atoms with E-state index in [4.69, 9.17) is 33.7 Å². The van der Waals surface area contributed by atoms with Crippen molar-refractivity contribution in [2.45, 2.75) is 63.5 Å². The molecule has 35 heavy (non-hydrogen) atoms. The zero-order chi connectivity index (χ0) is 24.8. The van der Waals surface area contributed by atoms with E-state index in [-0.39, 0.29) is 12.0 Å². The van der Waals surface area contributed by atoms with Gasteiger partial charge in [-0.2, -0.15) is 0 Å². The summed E-state index contributed by atoms with van der Waals surface area (Å²) in [5.41, 5.74) is 8.26. The lowest BCUT2D eigenvalue weighted by Crippen LogP contribution is -2.47. The average molecular weight is 520 g/mol. The molecule has 6 nitrogen and oxygen atoms in total. The minimum Gasteiger partial charge on any atom is -0.489 e.